The number of carbonyl (C=O) groups excluding carboxylic acids is 2. The second-order valence-electron chi connectivity index (χ2n) is 6.03. The van der Waals surface area contributed by atoms with Crippen LogP contribution in [0.3, 0.4) is 0 Å². The molecule has 0 bridgehead atoms. The van der Waals surface area contributed by atoms with E-state index in [1.54, 1.807) is 18.9 Å². The van der Waals surface area contributed by atoms with E-state index in [-0.39, 0.29) is 30.3 Å². The third-order valence-electron chi connectivity index (χ3n) is 4.30. The summed E-state index contributed by atoms with van der Waals surface area (Å²) in [5, 5.41) is 2.82. The summed E-state index contributed by atoms with van der Waals surface area (Å²) in [5.74, 6) is 0.401. The van der Waals surface area contributed by atoms with Crippen molar-refractivity contribution >= 4 is 24.2 Å². The van der Waals surface area contributed by atoms with Crippen molar-refractivity contribution in [3.8, 4) is 0 Å². The van der Waals surface area contributed by atoms with E-state index in [1.165, 1.54) is 19.3 Å². The van der Waals surface area contributed by atoms with Crippen LogP contribution in [0.15, 0.2) is 0 Å². The van der Waals surface area contributed by atoms with Gasteiger partial charge in [0.15, 0.2) is 0 Å². The van der Waals surface area contributed by atoms with Gasteiger partial charge in [0.05, 0.1) is 0 Å². The molecule has 1 fully saturated rings. The van der Waals surface area contributed by atoms with Crippen LogP contribution in [-0.2, 0) is 9.59 Å². The molecule has 5 nitrogen and oxygen atoms in total. The molecule has 21 heavy (non-hydrogen) atoms. The predicted octanol–water partition coefficient (Wildman–Crippen LogP) is 1.69. The van der Waals surface area contributed by atoms with Gasteiger partial charge in [0.1, 0.15) is 6.04 Å². The van der Waals surface area contributed by atoms with Gasteiger partial charge in [-0.15, -0.1) is 12.4 Å². The van der Waals surface area contributed by atoms with Crippen molar-refractivity contribution in [1.82, 2.24) is 10.2 Å². The Hall–Kier alpha value is -0.810. The molecular weight excluding hydrogens is 290 g/mol. The zero-order valence-corrected chi connectivity index (χ0v) is 14.2. The van der Waals surface area contributed by atoms with Crippen molar-refractivity contribution in [2.75, 3.05) is 13.6 Å². The maximum absolute atomic E-state index is 12.1. The molecule has 0 aromatic rings. The molecule has 2 atom stereocenters. The molecule has 1 saturated carbocycles. The van der Waals surface area contributed by atoms with E-state index in [0.717, 1.165) is 12.8 Å². The molecule has 1 aliphatic carbocycles. The van der Waals surface area contributed by atoms with Crippen LogP contribution >= 0.6 is 12.4 Å². The Kier molecular flexibility index (Phi) is 9.62. The van der Waals surface area contributed by atoms with Gasteiger partial charge in [-0.2, -0.15) is 0 Å². The molecular formula is C15H30ClN3O2. The third kappa shape index (κ3) is 6.66. The molecule has 6 heteroatoms. The van der Waals surface area contributed by atoms with Crippen LogP contribution in [0.2, 0.25) is 0 Å². The molecule has 0 saturated heterocycles. The van der Waals surface area contributed by atoms with Crippen molar-refractivity contribution in [1.29, 1.82) is 0 Å². The number of rotatable bonds is 6. The van der Waals surface area contributed by atoms with E-state index in [2.05, 4.69) is 5.32 Å². The van der Waals surface area contributed by atoms with Gasteiger partial charge in [-0.3, -0.25) is 9.59 Å². The van der Waals surface area contributed by atoms with Gasteiger partial charge in [0, 0.05) is 26.1 Å². The minimum atomic E-state index is -0.481. The summed E-state index contributed by atoms with van der Waals surface area (Å²) in [5.41, 5.74) is 5.55. The molecule has 3 N–H and O–H groups in total. The third-order valence-corrected chi connectivity index (χ3v) is 4.30. The lowest BCUT2D eigenvalue weighted by atomic mass is 9.87. The van der Waals surface area contributed by atoms with Crippen LogP contribution < -0.4 is 11.1 Å². The number of nitrogens with two attached hydrogens (primary N) is 1. The van der Waals surface area contributed by atoms with Crippen molar-refractivity contribution in [3.63, 3.8) is 0 Å². The Bertz CT molecular complexity index is 333. The fraction of sp³-hybridized carbons (Fsp3) is 0.867. The van der Waals surface area contributed by atoms with Crippen LogP contribution in [0.25, 0.3) is 0 Å². The van der Waals surface area contributed by atoms with Gasteiger partial charge in [-0.25, -0.2) is 0 Å². The number of likely N-dealkylation sites (N-methyl/N-ethyl adjacent to an activating group) is 1. The van der Waals surface area contributed by atoms with Gasteiger partial charge >= 0.3 is 0 Å². The number of halogens is 1. The second-order valence-corrected chi connectivity index (χ2v) is 6.03. The molecule has 0 radical (unpaired) electrons. The SMILES string of the molecule is CC(NC(=O)CC1CCCCC1)C(=O)N(C)C(C)CN.Cl. The number of carbonyl (C=O) groups is 2. The summed E-state index contributed by atoms with van der Waals surface area (Å²) in [6.07, 6.45) is 6.56. The number of hydrogen-bond acceptors (Lipinski definition) is 3. The van der Waals surface area contributed by atoms with Crippen molar-refractivity contribution < 1.29 is 9.59 Å². The zero-order valence-electron chi connectivity index (χ0n) is 13.4. The van der Waals surface area contributed by atoms with E-state index in [9.17, 15) is 9.59 Å². The highest BCUT2D eigenvalue weighted by Gasteiger charge is 2.24. The van der Waals surface area contributed by atoms with Crippen LogP contribution in [-0.4, -0.2) is 42.4 Å². The van der Waals surface area contributed by atoms with E-state index in [4.69, 9.17) is 5.73 Å². The summed E-state index contributed by atoms with van der Waals surface area (Å²) in [6, 6.07) is -0.495. The topological polar surface area (TPSA) is 75.4 Å². The predicted molar refractivity (Wildman–Crippen MR) is 87.3 cm³/mol. The number of amides is 2. The van der Waals surface area contributed by atoms with Crippen molar-refractivity contribution in [3.05, 3.63) is 0 Å². The smallest absolute Gasteiger partial charge is 0.244 e. The molecule has 1 aliphatic rings. The number of nitrogens with zero attached hydrogens (tertiary/aromatic N) is 1. The molecule has 0 heterocycles. The minimum Gasteiger partial charge on any atom is -0.345 e. The molecule has 0 aliphatic heterocycles. The number of hydrogen-bond donors (Lipinski definition) is 2. The maximum atomic E-state index is 12.1. The average Bonchev–Trinajstić information content (AvgIpc) is 2.45. The first-order valence-corrected chi connectivity index (χ1v) is 7.71. The van der Waals surface area contributed by atoms with E-state index in [0.29, 0.717) is 18.9 Å². The molecule has 124 valence electrons. The molecule has 0 aromatic carbocycles. The summed E-state index contributed by atoms with van der Waals surface area (Å²) in [7, 11) is 1.73. The number of nitrogens with one attached hydrogen (secondary N) is 1. The normalized spacial score (nSPS) is 18.3. The van der Waals surface area contributed by atoms with Crippen LogP contribution in [0.5, 0.6) is 0 Å². The average molecular weight is 320 g/mol. The Morgan fingerprint density at radius 2 is 1.81 bits per heavy atom. The Balaban J connectivity index is 0.00000400. The van der Waals surface area contributed by atoms with E-state index in [1.807, 2.05) is 6.92 Å². The molecule has 2 amide bonds. The van der Waals surface area contributed by atoms with Crippen molar-refractivity contribution in [2.24, 2.45) is 11.7 Å². The molecule has 0 aromatic heterocycles. The summed E-state index contributed by atoms with van der Waals surface area (Å²) >= 11 is 0. The Morgan fingerprint density at radius 1 is 1.24 bits per heavy atom. The fourth-order valence-electron chi connectivity index (χ4n) is 2.70. The quantitative estimate of drug-likeness (QED) is 0.782. The zero-order chi connectivity index (χ0) is 15.1. The highest BCUT2D eigenvalue weighted by atomic mass is 35.5. The first-order chi connectivity index (χ1) is 9.45. The minimum absolute atomic E-state index is 0. The van der Waals surface area contributed by atoms with Crippen LogP contribution in [0.1, 0.15) is 52.4 Å². The van der Waals surface area contributed by atoms with Gasteiger partial charge in [0.25, 0.3) is 0 Å². The fourth-order valence-corrected chi connectivity index (χ4v) is 2.70. The van der Waals surface area contributed by atoms with Gasteiger partial charge in [-0.05, 0) is 32.6 Å². The van der Waals surface area contributed by atoms with Gasteiger partial charge in [0.2, 0.25) is 11.8 Å². The van der Waals surface area contributed by atoms with Crippen LogP contribution in [0, 0.1) is 5.92 Å². The van der Waals surface area contributed by atoms with Gasteiger partial charge in [-0.1, -0.05) is 19.3 Å². The lowest BCUT2D eigenvalue weighted by Crippen LogP contribution is -2.50. The Morgan fingerprint density at radius 3 is 2.33 bits per heavy atom. The van der Waals surface area contributed by atoms with Crippen molar-refractivity contribution in [2.45, 2.75) is 64.5 Å². The monoisotopic (exact) mass is 319 g/mol. The van der Waals surface area contributed by atoms with E-state index >= 15 is 0 Å². The van der Waals surface area contributed by atoms with Gasteiger partial charge < -0.3 is 16.0 Å². The van der Waals surface area contributed by atoms with Crippen LogP contribution in [0.4, 0.5) is 0 Å². The second kappa shape index (κ2) is 10.0. The highest BCUT2D eigenvalue weighted by molar-refractivity contribution is 5.87. The lowest BCUT2D eigenvalue weighted by Gasteiger charge is -2.27. The maximum Gasteiger partial charge on any atom is 0.244 e. The summed E-state index contributed by atoms with van der Waals surface area (Å²) < 4.78 is 0. The largest absolute Gasteiger partial charge is 0.345 e. The summed E-state index contributed by atoms with van der Waals surface area (Å²) in [6.45, 7) is 4.06. The van der Waals surface area contributed by atoms with E-state index < -0.39 is 6.04 Å². The molecule has 0 spiro atoms. The standard InChI is InChI=1S/C15H29N3O2.ClH/c1-11(10-16)18(3)15(20)12(2)17-14(19)9-13-7-5-4-6-8-13;/h11-13H,4-10,16H2,1-3H3,(H,17,19);1H. The highest BCUT2D eigenvalue weighted by Crippen LogP contribution is 2.26. The molecule has 1 rings (SSSR count). The Labute approximate surface area is 134 Å². The lowest BCUT2D eigenvalue weighted by molar-refractivity contribution is -0.136. The first kappa shape index (κ1) is 20.2. The summed E-state index contributed by atoms with van der Waals surface area (Å²) in [4.78, 5) is 25.7. The first-order valence-electron chi connectivity index (χ1n) is 7.71. The molecule has 2 unspecified atom stereocenters.